The largest absolute Gasteiger partial charge is 0.504 e. The Morgan fingerprint density at radius 2 is 1.82 bits per heavy atom. The number of amides is 2. The number of hydrogen-bond donors (Lipinski definition) is 2. The average Bonchev–Trinajstić information content (AvgIpc) is 2.53. The van der Waals surface area contributed by atoms with Gasteiger partial charge in [0.05, 0.1) is 0 Å². The van der Waals surface area contributed by atoms with Gasteiger partial charge in [-0.15, -0.1) is 0 Å². The molecule has 2 amide bonds. The molecular weight excluding hydrogens is 288 g/mol. The highest BCUT2D eigenvalue weighted by atomic mass is 16.5. The number of benzene rings is 1. The normalized spacial score (nSPS) is 17.6. The van der Waals surface area contributed by atoms with Crippen molar-refractivity contribution in [2.24, 2.45) is 4.99 Å². The molecule has 0 spiro atoms. The molecule has 1 atom stereocenters. The summed E-state index contributed by atoms with van der Waals surface area (Å²) in [5, 5.41) is 12.0. The first-order valence-corrected chi connectivity index (χ1v) is 6.30. The van der Waals surface area contributed by atoms with Crippen LogP contribution in [0.5, 0.6) is 11.5 Å². The summed E-state index contributed by atoms with van der Waals surface area (Å²) in [6, 6.07) is 7.61. The smallest absolute Gasteiger partial charge is 0.298 e. The van der Waals surface area contributed by atoms with Crippen molar-refractivity contribution in [3.8, 4) is 11.5 Å². The molecule has 22 heavy (non-hydrogen) atoms. The topological polar surface area (TPSA) is 114 Å². The van der Waals surface area contributed by atoms with E-state index in [1.165, 1.54) is 24.5 Å². The first-order chi connectivity index (χ1) is 10.6. The Balaban J connectivity index is 1.85. The van der Waals surface area contributed by atoms with E-state index in [1.54, 1.807) is 18.2 Å². The molecule has 1 aromatic heterocycles. The number of nitrogens with one attached hydrogen (secondary N) is 1. The summed E-state index contributed by atoms with van der Waals surface area (Å²) < 4.78 is 5.24. The number of carbonyl (C=O) groups excluding carboxylic acids is 2. The number of aromatic nitrogens is 2. The Morgan fingerprint density at radius 1 is 1.09 bits per heavy atom. The lowest BCUT2D eigenvalue weighted by Gasteiger charge is -2.20. The first kappa shape index (κ1) is 13.7. The highest BCUT2D eigenvalue weighted by Crippen LogP contribution is 2.26. The third kappa shape index (κ3) is 2.62. The Kier molecular flexibility index (Phi) is 3.48. The van der Waals surface area contributed by atoms with Crippen molar-refractivity contribution in [1.82, 2.24) is 15.3 Å². The van der Waals surface area contributed by atoms with Crippen molar-refractivity contribution >= 4 is 17.6 Å². The quantitative estimate of drug-likeness (QED) is 0.773. The predicted molar refractivity (Wildman–Crippen MR) is 74.2 cm³/mol. The van der Waals surface area contributed by atoms with Crippen molar-refractivity contribution in [2.45, 2.75) is 6.10 Å². The van der Waals surface area contributed by atoms with Gasteiger partial charge in [-0.3, -0.25) is 9.59 Å². The minimum Gasteiger partial charge on any atom is -0.504 e. The van der Waals surface area contributed by atoms with Crippen LogP contribution in [0.1, 0.15) is 5.82 Å². The molecule has 1 unspecified atom stereocenters. The van der Waals surface area contributed by atoms with Crippen molar-refractivity contribution in [3.63, 3.8) is 0 Å². The van der Waals surface area contributed by atoms with E-state index in [0.717, 1.165) is 0 Å². The second kappa shape index (κ2) is 5.60. The van der Waals surface area contributed by atoms with E-state index in [2.05, 4.69) is 20.3 Å². The Morgan fingerprint density at radius 3 is 2.50 bits per heavy atom. The number of aromatic hydroxyl groups is 1. The van der Waals surface area contributed by atoms with Gasteiger partial charge >= 0.3 is 0 Å². The number of ether oxygens (including phenoxy) is 1. The molecule has 0 radical (unpaired) electrons. The number of phenolic OH excluding ortho intramolecular Hbond substituents is 1. The minimum atomic E-state index is -1.47. The van der Waals surface area contributed by atoms with Gasteiger partial charge in [-0.1, -0.05) is 12.1 Å². The molecular formula is C14H10N4O4. The van der Waals surface area contributed by atoms with Gasteiger partial charge in [0.25, 0.3) is 17.9 Å². The van der Waals surface area contributed by atoms with Crippen molar-refractivity contribution in [1.29, 1.82) is 0 Å². The molecule has 1 aliphatic rings. The summed E-state index contributed by atoms with van der Waals surface area (Å²) in [5.41, 5.74) is 0. The van der Waals surface area contributed by atoms with Crippen LogP contribution in [0.4, 0.5) is 0 Å². The maximum absolute atomic E-state index is 12.0. The molecule has 110 valence electrons. The Hall–Kier alpha value is -3.29. The number of nitrogens with zero attached hydrogens (tertiary/aromatic N) is 3. The molecule has 2 heterocycles. The minimum absolute atomic E-state index is 0.0191. The second-order valence-corrected chi connectivity index (χ2v) is 4.33. The maximum Gasteiger partial charge on any atom is 0.298 e. The van der Waals surface area contributed by atoms with Crippen LogP contribution in [0.3, 0.4) is 0 Å². The van der Waals surface area contributed by atoms with Gasteiger partial charge in [0, 0.05) is 12.4 Å². The monoisotopic (exact) mass is 298 g/mol. The third-order valence-electron chi connectivity index (χ3n) is 2.81. The molecule has 1 aliphatic heterocycles. The summed E-state index contributed by atoms with van der Waals surface area (Å²) >= 11 is 0. The second-order valence-electron chi connectivity index (χ2n) is 4.33. The van der Waals surface area contributed by atoms with Crippen molar-refractivity contribution in [3.05, 3.63) is 48.5 Å². The molecule has 0 fully saturated rings. The molecule has 0 saturated carbocycles. The van der Waals surface area contributed by atoms with Crippen LogP contribution in [0.15, 0.2) is 47.7 Å². The van der Waals surface area contributed by atoms with E-state index in [0.29, 0.717) is 0 Å². The third-order valence-corrected chi connectivity index (χ3v) is 2.81. The van der Waals surface area contributed by atoms with E-state index in [4.69, 9.17) is 4.74 Å². The van der Waals surface area contributed by atoms with Crippen LogP contribution in [0.25, 0.3) is 0 Å². The zero-order valence-corrected chi connectivity index (χ0v) is 11.1. The molecule has 2 aromatic rings. The highest BCUT2D eigenvalue weighted by molar-refractivity contribution is 6.21. The van der Waals surface area contributed by atoms with Crippen LogP contribution in [-0.4, -0.2) is 38.8 Å². The Bertz CT molecular complexity index is 760. The lowest BCUT2D eigenvalue weighted by atomic mass is 10.2. The number of phenols is 1. The molecule has 8 heteroatoms. The number of aliphatic imine (C=N–C) groups is 1. The summed E-state index contributed by atoms with van der Waals surface area (Å²) in [7, 11) is 0. The summed E-state index contributed by atoms with van der Waals surface area (Å²) in [6.07, 6.45) is 1.46. The highest BCUT2D eigenvalue weighted by Gasteiger charge is 2.35. The fourth-order valence-corrected chi connectivity index (χ4v) is 1.81. The van der Waals surface area contributed by atoms with E-state index >= 15 is 0 Å². The van der Waals surface area contributed by atoms with E-state index in [9.17, 15) is 14.7 Å². The molecule has 8 nitrogen and oxygen atoms in total. The predicted octanol–water partition coefficient (Wildman–Crippen LogP) is 0.0328. The maximum atomic E-state index is 12.0. The first-order valence-electron chi connectivity index (χ1n) is 6.30. The van der Waals surface area contributed by atoms with Crippen LogP contribution in [0.2, 0.25) is 0 Å². The van der Waals surface area contributed by atoms with E-state index < -0.39 is 17.9 Å². The summed E-state index contributed by atoms with van der Waals surface area (Å²) in [6.45, 7) is 0. The SMILES string of the molecule is O=C1N=C(c2ncccn2)NC(=O)C1Oc1ccccc1O. The van der Waals surface area contributed by atoms with Gasteiger partial charge in [0.1, 0.15) is 0 Å². The number of para-hydroxylation sites is 2. The molecule has 2 N–H and O–H groups in total. The van der Waals surface area contributed by atoms with Crippen LogP contribution < -0.4 is 10.1 Å². The number of amidine groups is 1. The molecule has 0 saturated heterocycles. The van der Waals surface area contributed by atoms with E-state index in [-0.39, 0.29) is 23.2 Å². The van der Waals surface area contributed by atoms with Crippen molar-refractivity contribution in [2.75, 3.05) is 0 Å². The van der Waals surface area contributed by atoms with Gasteiger partial charge in [-0.25, -0.2) is 9.97 Å². The van der Waals surface area contributed by atoms with E-state index in [1.807, 2.05) is 0 Å². The van der Waals surface area contributed by atoms with Crippen molar-refractivity contribution < 1.29 is 19.4 Å². The Labute approximate surface area is 124 Å². The molecule has 3 rings (SSSR count). The van der Waals surface area contributed by atoms with Gasteiger partial charge in [-0.2, -0.15) is 4.99 Å². The fourth-order valence-electron chi connectivity index (χ4n) is 1.81. The summed E-state index contributed by atoms with van der Waals surface area (Å²) in [5.74, 6) is -1.56. The lowest BCUT2D eigenvalue weighted by Crippen LogP contribution is -2.50. The van der Waals surface area contributed by atoms with Crippen LogP contribution in [0, 0.1) is 0 Å². The van der Waals surface area contributed by atoms with Gasteiger partial charge in [0.2, 0.25) is 0 Å². The average molecular weight is 298 g/mol. The zero-order valence-electron chi connectivity index (χ0n) is 11.1. The number of rotatable bonds is 3. The van der Waals surface area contributed by atoms with Gasteiger partial charge in [-0.05, 0) is 18.2 Å². The van der Waals surface area contributed by atoms with Crippen LogP contribution >= 0.6 is 0 Å². The fraction of sp³-hybridized carbons (Fsp3) is 0.0714. The zero-order chi connectivity index (χ0) is 15.5. The molecule has 1 aromatic carbocycles. The summed E-state index contributed by atoms with van der Waals surface area (Å²) in [4.78, 5) is 35.6. The number of carbonyl (C=O) groups is 2. The van der Waals surface area contributed by atoms with Gasteiger partial charge < -0.3 is 15.2 Å². The standard InChI is InChI=1S/C14H10N4O4/c19-8-4-1-2-5-9(8)22-10-13(20)17-12(18-14(10)21)11-15-6-3-7-16-11/h1-7,10,19H,(H,17,18,20,21). The number of hydrogen-bond acceptors (Lipinski definition) is 6. The molecule has 0 aliphatic carbocycles. The molecule has 0 bridgehead atoms. The van der Waals surface area contributed by atoms with Crippen LogP contribution in [-0.2, 0) is 9.59 Å². The lowest BCUT2D eigenvalue weighted by molar-refractivity contribution is -0.137. The van der Waals surface area contributed by atoms with Gasteiger partial charge in [0.15, 0.2) is 23.2 Å².